The minimum absolute atomic E-state index is 0.0454. The first-order valence-electron chi connectivity index (χ1n) is 8.88. The number of benzene rings is 1. The van der Waals surface area contributed by atoms with Gasteiger partial charge < -0.3 is 10.4 Å². The fraction of sp³-hybridized carbons (Fsp3) is 0.421. The van der Waals surface area contributed by atoms with E-state index >= 15 is 0 Å². The van der Waals surface area contributed by atoms with E-state index in [4.69, 9.17) is 0 Å². The second-order valence-corrected chi connectivity index (χ2v) is 7.10. The number of halogens is 1. The van der Waals surface area contributed by atoms with Crippen molar-refractivity contribution in [3.63, 3.8) is 0 Å². The van der Waals surface area contributed by atoms with Crippen molar-refractivity contribution in [3.05, 3.63) is 57.5 Å². The molecule has 7 heteroatoms. The van der Waals surface area contributed by atoms with Crippen LogP contribution in [0.15, 0.2) is 29.1 Å². The maximum absolute atomic E-state index is 13.7. The van der Waals surface area contributed by atoms with Gasteiger partial charge in [-0.05, 0) is 31.7 Å². The van der Waals surface area contributed by atoms with Crippen LogP contribution < -0.4 is 10.9 Å². The van der Waals surface area contributed by atoms with E-state index < -0.39 is 23.0 Å². The zero-order valence-corrected chi connectivity index (χ0v) is 14.3. The number of carbonyl (C=O) groups is 1. The zero-order valence-electron chi connectivity index (χ0n) is 14.3. The lowest BCUT2D eigenvalue weighted by Crippen LogP contribution is -2.45. The topological polar surface area (TPSA) is 84.2 Å². The zero-order chi connectivity index (χ0) is 18.3. The molecule has 1 amide bonds. The van der Waals surface area contributed by atoms with Crippen molar-refractivity contribution in [2.45, 2.75) is 50.6 Å². The van der Waals surface area contributed by atoms with Crippen LogP contribution in [0.5, 0.6) is 5.75 Å². The third kappa shape index (κ3) is 2.58. The Kier molecular flexibility index (Phi) is 4.01. The van der Waals surface area contributed by atoms with Crippen molar-refractivity contribution in [1.82, 2.24) is 14.9 Å². The molecule has 136 valence electrons. The molecule has 26 heavy (non-hydrogen) atoms. The smallest absolute Gasteiger partial charge is 0.296 e. The molecule has 1 saturated carbocycles. The molecule has 2 heterocycles. The minimum atomic E-state index is -0.675. The number of carbonyl (C=O) groups excluding carboxylic acids is 1. The highest BCUT2D eigenvalue weighted by molar-refractivity contribution is 5.94. The lowest BCUT2D eigenvalue weighted by Gasteiger charge is -2.45. The second-order valence-electron chi connectivity index (χ2n) is 7.10. The quantitative estimate of drug-likeness (QED) is 0.882. The Labute approximate surface area is 149 Å². The fourth-order valence-electron chi connectivity index (χ4n) is 3.98. The third-order valence-electron chi connectivity index (χ3n) is 5.58. The summed E-state index contributed by atoms with van der Waals surface area (Å²) in [6.07, 6.45) is 4.78. The normalized spacial score (nSPS) is 17.4. The van der Waals surface area contributed by atoms with E-state index in [9.17, 15) is 19.1 Å². The Morgan fingerprint density at radius 1 is 1.27 bits per heavy atom. The number of amides is 1. The number of hydrogen-bond donors (Lipinski definition) is 2. The molecule has 2 aliphatic rings. The van der Waals surface area contributed by atoms with Crippen molar-refractivity contribution < 1.29 is 14.3 Å². The second kappa shape index (κ2) is 6.23. The molecule has 0 saturated heterocycles. The summed E-state index contributed by atoms with van der Waals surface area (Å²) in [5.41, 5.74) is -0.667. The van der Waals surface area contributed by atoms with E-state index in [1.54, 1.807) is 18.2 Å². The van der Waals surface area contributed by atoms with Gasteiger partial charge in [0.25, 0.3) is 11.5 Å². The lowest BCUT2D eigenvalue weighted by molar-refractivity contribution is 0.0937. The van der Waals surface area contributed by atoms with Crippen LogP contribution in [0.25, 0.3) is 0 Å². The van der Waals surface area contributed by atoms with Gasteiger partial charge in [-0.15, -0.1) is 0 Å². The number of fused-ring (bicyclic) bond motifs is 2. The fourth-order valence-corrected chi connectivity index (χ4v) is 3.98. The molecular formula is C19H20FN3O3. The average Bonchev–Trinajstić information content (AvgIpc) is 2.62. The van der Waals surface area contributed by atoms with E-state index in [1.165, 1.54) is 10.6 Å². The van der Waals surface area contributed by atoms with Crippen molar-refractivity contribution >= 4 is 5.91 Å². The molecule has 2 N–H and O–H groups in total. The Balaban J connectivity index is 1.65. The van der Waals surface area contributed by atoms with Crippen LogP contribution in [0.2, 0.25) is 0 Å². The van der Waals surface area contributed by atoms with E-state index in [2.05, 4.69) is 10.3 Å². The maximum atomic E-state index is 13.7. The van der Waals surface area contributed by atoms with Crippen LogP contribution >= 0.6 is 0 Å². The van der Waals surface area contributed by atoms with E-state index in [0.29, 0.717) is 17.9 Å². The summed E-state index contributed by atoms with van der Waals surface area (Å²) in [6.45, 7) is 0.462. The molecule has 1 aliphatic carbocycles. The van der Waals surface area contributed by atoms with Gasteiger partial charge in [0.1, 0.15) is 11.6 Å². The molecule has 1 fully saturated rings. The number of nitrogens with zero attached hydrogens (tertiary/aromatic N) is 2. The third-order valence-corrected chi connectivity index (χ3v) is 5.58. The molecular weight excluding hydrogens is 337 g/mol. The molecule has 0 radical (unpaired) electrons. The largest absolute Gasteiger partial charge is 0.501 e. The predicted molar refractivity (Wildman–Crippen MR) is 92.5 cm³/mol. The SMILES string of the molecule is O=C(NCc1ccccc1F)c1nc2n(c(=O)c1O)CCCC21CCC1. The summed E-state index contributed by atoms with van der Waals surface area (Å²) in [7, 11) is 0. The first kappa shape index (κ1) is 16.8. The highest BCUT2D eigenvalue weighted by atomic mass is 19.1. The molecule has 2 aromatic rings. The van der Waals surface area contributed by atoms with Crippen LogP contribution in [0, 0.1) is 5.82 Å². The Hall–Kier alpha value is -2.70. The summed E-state index contributed by atoms with van der Waals surface area (Å²) >= 11 is 0. The van der Waals surface area contributed by atoms with Gasteiger partial charge in [-0.2, -0.15) is 0 Å². The summed E-state index contributed by atoms with van der Waals surface area (Å²) < 4.78 is 15.2. The molecule has 1 aliphatic heterocycles. The highest BCUT2D eigenvalue weighted by Gasteiger charge is 2.44. The number of hydrogen-bond acceptors (Lipinski definition) is 4. The van der Waals surface area contributed by atoms with Crippen LogP contribution in [0.4, 0.5) is 4.39 Å². The summed E-state index contributed by atoms with van der Waals surface area (Å²) in [4.78, 5) is 29.4. The number of nitrogens with one attached hydrogen (secondary N) is 1. The Morgan fingerprint density at radius 3 is 2.69 bits per heavy atom. The van der Waals surface area contributed by atoms with E-state index in [0.717, 1.165) is 32.1 Å². The molecule has 0 unspecified atom stereocenters. The standard InChI is InChI=1S/C19H20FN3O3/c20-13-6-2-1-5-12(13)11-21-16(25)14-15(24)17(26)23-10-4-9-19(7-3-8-19)18(23)22-14/h1-2,5-6,24H,3-4,7-11H2,(H,21,25). The number of rotatable bonds is 3. The summed E-state index contributed by atoms with van der Waals surface area (Å²) in [5.74, 6) is -1.14. The van der Waals surface area contributed by atoms with Gasteiger partial charge >= 0.3 is 0 Å². The van der Waals surface area contributed by atoms with Gasteiger partial charge in [0.15, 0.2) is 5.69 Å². The Bertz CT molecular complexity index is 934. The maximum Gasteiger partial charge on any atom is 0.296 e. The van der Waals surface area contributed by atoms with Gasteiger partial charge in [0, 0.05) is 24.1 Å². The van der Waals surface area contributed by atoms with Crippen molar-refractivity contribution in [3.8, 4) is 5.75 Å². The number of aromatic nitrogens is 2. The highest BCUT2D eigenvalue weighted by Crippen LogP contribution is 2.48. The molecule has 0 bridgehead atoms. The van der Waals surface area contributed by atoms with Crippen LogP contribution in [0.3, 0.4) is 0 Å². The van der Waals surface area contributed by atoms with Gasteiger partial charge in [-0.1, -0.05) is 24.6 Å². The van der Waals surface area contributed by atoms with Crippen LogP contribution in [-0.4, -0.2) is 20.6 Å². The van der Waals surface area contributed by atoms with Crippen molar-refractivity contribution in [2.75, 3.05) is 0 Å². The van der Waals surface area contributed by atoms with Crippen LogP contribution in [0.1, 0.15) is 54.0 Å². The Morgan fingerprint density at radius 2 is 2.00 bits per heavy atom. The van der Waals surface area contributed by atoms with Gasteiger partial charge in [-0.25, -0.2) is 9.37 Å². The average molecular weight is 357 g/mol. The van der Waals surface area contributed by atoms with Crippen LogP contribution in [-0.2, 0) is 18.5 Å². The minimum Gasteiger partial charge on any atom is -0.501 e. The molecule has 1 aromatic carbocycles. The molecule has 1 aromatic heterocycles. The lowest BCUT2D eigenvalue weighted by atomic mass is 9.64. The van der Waals surface area contributed by atoms with E-state index in [-0.39, 0.29) is 17.7 Å². The predicted octanol–water partition coefficient (Wildman–Crippen LogP) is 2.23. The van der Waals surface area contributed by atoms with Gasteiger partial charge in [0.05, 0.1) is 0 Å². The monoisotopic (exact) mass is 357 g/mol. The molecule has 4 rings (SSSR count). The first-order chi connectivity index (χ1) is 12.5. The molecule has 1 spiro atoms. The first-order valence-corrected chi connectivity index (χ1v) is 8.88. The van der Waals surface area contributed by atoms with Gasteiger partial charge in [0.2, 0.25) is 5.75 Å². The molecule has 0 atom stereocenters. The van der Waals surface area contributed by atoms with E-state index in [1.807, 2.05) is 0 Å². The van der Waals surface area contributed by atoms with Crippen molar-refractivity contribution in [1.29, 1.82) is 0 Å². The summed E-state index contributed by atoms with van der Waals surface area (Å²) in [6, 6.07) is 6.11. The number of aromatic hydroxyl groups is 1. The van der Waals surface area contributed by atoms with Crippen molar-refractivity contribution in [2.24, 2.45) is 0 Å². The summed E-state index contributed by atoms with van der Waals surface area (Å²) in [5, 5.41) is 12.8. The van der Waals surface area contributed by atoms with Gasteiger partial charge in [-0.3, -0.25) is 14.2 Å². The molecule has 6 nitrogen and oxygen atoms in total.